The monoisotopic (exact) mass is 383 g/mol. The molecule has 0 N–H and O–H groups in total. The molecule has 2 aliphatic heterocycles. The Kier molecular flexibility index (Phi) is 2.86. The highest BCUT2D eigenvalue weighted by Gasteiger charge is 2.51. The number of nitrogens with zero attached hydrogens (tertiary/aromatic N) is 7. The van der Waals surface area contributed by atoms with E-state index in [-0.39, 0.29) is 6.17 Å². The Bertz CT molecular complexity index is 1090. The van der Waals surface area contributed by atoms with Crippen LogP contribution in [0.25, 0.3) is 5.69 Å². The van der Waals surface area contributed by atoms with Gasteiger partial charge in [-0.25, -0.2) is 20.0 Å². The summed E-state index contributed by atoms with van der Waals surface area (Å²) < 4.78 is 12.9. The van der Waals surface area contributed by atoms with Gasteiger partial charge in [0.15, 0.2) is 12.0 Å². The van der Waals surface area contributed by atoms with Crippen molar-refractivity contribution in [2.24, 2.45) is 4.99 Å². The molecule has 0 saturated heterocycles. The molecule has 10 heteroatoms. The van der Waals surface area contributed by atoms with Crippen LogP contribution in [0.15, 0.2) is 40.0 Å². The number of halogens is 1. The molecule has 0 bridgehead atoms. The lowest BCUT2D eigenvalue weighted by molar-refractivity contribution is 0.0492. The van der Waals surface area contributed by atoms with Crippen molar-refractivity contribution in [2.75, 3.05) is 17.1 Å². The summed E-state index contributed by atoms with van der Waals surface area (Å²) in [4.78, 5) is 13.5. The first-order valence-electron chi connectivity index (χ1n) is 8.55. The molecule has 0 radical (unpaired) electrons. The third-order valence-electron chi connectivity index (χ3n) is 5.28. The molecule has 0 amide bonds. The van der Waals surface area contributed by atoms with E-state index in [0.29, 0.717) is 17.1 Å². The molecule has 1 aliphatic carbocycles. The van der Waals surface area contributed by atoms with E-state index in [0.717, 1.165) is 29.9 Å². The van der Waals surface area contributed by atoms with Gasteiger partial charge in [-0.1, -0.05) is 18.2 Å². The molecule has 3 aliphatic rings. The molecule has 1 atom stereocenters. The summed E-state index contributed by atoms with van der Waals surface area (Å²) in [5.74, 6) is 1.66. The zero-order valence-corrected chi connectivity index (χ0v) is 15.0. The number of benzene rings is 1. The molecule has 1 aromatic carbocycles. The topological polar surface area (TPSA) is 84.8 Å². The highest BCUT2D eigenvalue weighted by molar-refractivity contribution is 6.29. The minimum absolute atomic E-state index is 0.249. The summed E-state index contributed by atoms with van der Waals surface area (Å²) in [6, 6.07) is 7.98. The molecule has 136 valence electrons. The smallest absolute Gasteiger partial charge is 0.290 e. The zero-order valence-electron chi connectivity index (χ0n) is 14.3. The van der Waals surface area contributed by atoms with Crippen LogP contribution < -0.4 is 10.0 Å². The molecular weight excluding hydrogens is 370 g/mol. The quantitative estimate of drug-likeness (QED) is 0.687. The molecule has 4 heterocycles. The van der Waals surface area contributed by atoms with Crippen molar-refractivity contribution in [2.45, 2.75) is 24.6 Å². The normalized spacial score (nSPS) is 21.2. The number of hydrogen-bond acceptors (Lipinski definition) is 8. The average molecular weight is 384 g/mol. The van der Waals surface area contributed by atoms with Gasteiger partial charge < -0.3 is 9.26 Å². The van der Waals surface area contributed by atoms with Crippen molar-refractivity contribution in [3.05, 3.63) is 47.2 Å². The van der Waals surface area contributed by atoms with Gasteiger partial charge in [0.1, 0.15) is 11.9 Å². The van der Waals surface area contributed by atoms with Crippen LogP contribution in [0.5, 0.6) is 0 Å². The van der Waals surface area contributed by atoms with Gasteiger partial charge in [-0.05, 0) is 35.7 Å². The van der Waals surface area contributed by atoms with Crippen molar-refractivity contribution in [3.8, 4) is 5.69 Å². The number of hydrazine groups is 1. The lowest BCUT2D eigenvalue weighted by atomic mass is 10.1. The summed E-state index contributed by atoms with van der Waals surface area (Å²) in [6.07, 6.45) is 4.91. The van der Waals surface area contributed by atoms with E-state index in [2.05, 4.69) is 20.1 Å². The van der Waals surface area contributed by atoms with Gasteiger partial charge in [0.25, 0.3) is 11.8 Å². The molecule has 1 saturated carbocycles. The highest BCUT2D eigenvalue weighted by Crippen LogP contribution is 2.49. The summed E-state index contributed by atoms with van der Waals surface area (Å²) in [7, 11) is 1.66. The Morgan fingerprint density at radius 1 is 1.30 bits per heavy atom. The number of para-hydroxylation sites is 1. The summed E-state index contributed by atoms with van der Waals surface area (Å²) >= 11 is 6.36. The Balaban J connectivity index is 1.46. The fourth-order valence-corrected chi connectivity index (χ4v) is 3.91. The minimum atomic E-state index is -0.443. The summed E-state index contributed by atoms with van der Waals surface area (Å²) in [6.45, 7) is 0. The molecule has 1 unspecified atom stereocenters. The van der Waals surface area contributed by atoms with E-state index in [1.54, 1.807) is 24.7 Å². The maximum Gasteiger partial charge on any atom is 0.290 e. The summed E-state index contributed by atoms with van der Waals surface area (Å²) in [5.41, 5.74) is 1.53. The number of imidazole rings is 1. The average Bonchev–Trinajstić information content (AvgIpc) is 3.03. The minimum Gasteiger partial charge on any atom is -0.368 e. The van der Waals surface area contributed by atoms with Crippen molar-refractivity contribution in [1.29, 1.82) is 0 Å². The second-order valence-electron chi connectivity index (χ2n) is 6.70. The zero-order chi connectivity index (χ0) is 18.2. The highest BCUT2D eigenvalue weighted by atomic mass is 35.5. The molecule has 9 nitrogen and oxygen atoms in total. The van der Waals surface area contributed by atoms with Crippen LogP contribution in [0.1, 0.15) is 30.5 Å². The number of aliphatic imine (C=N–C) groups is 1. The lowest BCUT2D eigenvalue weighted by Crippen LogP contribution is -2.43. The molecule has 27 heavy (non-hydrogen) atoms. The number of methoxy groups -OCH3 is 1. The molecule has 0 spiro atoms. The van der Waals surface area contributed by atoms with Crippen molar-refractivity contribution in [1.82, 2.24) is 19.7 Å². The van der Waals surface area contributed by atoms with Gasteiger partial charge in [-0.3, -0.25) is 4.57 Å². The molecule has 3 aromatic rings. The van der Waals surface area contributed by atoms with Crippen LogP contribution in [0, 0.1) is 0 Å². The predicted molar refractivity (Wildman–Crippen MR) is 97.0 cm³/mol. The maximum atomic E-state index is 6.36. The van der Waals surface area contributed by atoms with Crippen molar-refractivity contribution in [3.63, 3.8) is 0 Å². The van der Waals surface area contributed by atoms with Gasteiger partial charge in [-0.2, -0.15) is 4.98 Å². The van der Waals surface area contributed by atoms with Crippen molar-refractivity contribution < 1.29 is 9.26 Å². The van der Waals surface area contributed by atoms with Crippen LogP contribution in [-0.2, 0) is 10.3 Å². The molecule has 2 aromatic heterocycles. The van der Waals surface area contributed by atoms with E-state index in [1.807, 2.05) is 33.8 Å². The van der Waals surface area contributed by atoms with E-state index in [9.17, 15) is 0 Å². The Morgan fingerprint density at radius 3 is 2.96 bits per heavy atom. The second-order valence-corrected chi connectivity index (χ2v) is 7.04. The van der Waals surface area contributed by atoms with Crippen molar-refractivity contribution >= 4 is 29.7 Å². The molecule has 6 rings (SSSR count). The largest absolute Gasteiger partial charge is 0.368 e. The van der Waals surface area contributed by atoms with E-state index >= 15 is 0 Å². The van der Waals surface area contributed by atoms with E-state index in [4.69, 9.17) is 20.9 Å². The van der Waals surface area contributed by atoms with Crippen LogP contribution >= 0.6 is 11.6 Å². The van der Waals surface area contributed by atoms with E-state index < -0.39 is 5.60 Å². The number of anilines is 2. The predicted octanol–water partition coefficient (Wildman–Crippen LogP) is 2.83. The Hall–Kier alpha value is -2.91. The fraction of sp³-hybridized carbons (Fsp3) is 0.294. The van der Waals surface area contributed by atoms with Crippen LogP contribution in [-0.4, -0.2) is 33.1 Å². The third kappa shape index (κ3) is 1.92. The number of ether oxygens (including phenoxy) is 1. The third-order valence-corrected chi connectivity index (χ3v) is 5.54. The fourth-order valence-electron chi connectivity index (χ4n) is 3.69. The van der Waals surface area contributed by atoms with Crippen LogP contribution in [0.4, 0.5) is 11.8 Å². The number of aromatic nitrogens is 4. The summed E-state index contributed by atoms with van der Waals surface area (Å²) in [5, 5.41) is 8.23. The Labute approximate surface area is 158 Å². The second kappa shape index (κ2) is 5.08. The van der Waals surface area contributed by atoms with Gasteiger partial charge in [0.2, 0.25) is 5.28 Å². The van der Waals surface area contributed by atoms with E-state index in [1.165, 1.54) is 0 Å². The standard InChI is InChI=1S/C17H14ClN7O2/c1-26-17(6-7-17)14-21-16(22-27-14)23-9-20-13-10-4-2-3-5-11(10)24-12(25(13)23)8-19-15(24)18/h2-5,8-9,13H,6-7H2,1H3. The SMILES string of the molecule is COC1(c2nc(N3C=NC4c5ccccc5-n5c(cnc5Cl)N43)no2)CC1. The molecular formula is C17H14ClN7O2. The maximum absolute atomic E-state index is 6.36. The van der Waals surface area contributed by atoms with Crippen LogP contribution in [0.2, 0.25) is 5.28 Å². The number of hydrogen-bond donors (Lipinski definition) is 0. The molecule has 1 fully saturated rings. The van der Waals surface area contributed by atoms with Gasteiger partial charge in [-0.15, -0.1) is 0 Å². The van der Waals surface area contributed by atoms with Crippen LogP contribution in [0.3, 0.4) is 0 Å². The number of fused-ring (bicyclic) bond motifs is 6. The van der Waals surface area contributed by atoms with Gasteiger partial charge in [0, 0.05) is 12.7 Å². The Morgan fingerprint density at radius 2 is 2.15 bits per heavy atom. The first-order chi connectivity index (χ1) is 13.2. The van der Waals surface area contributed by atoms with Gasteiger partial charge in [0.05, 0.1) is 11.9 Å². The first-order valence-corrected chi connectivity index (χ1v) is 8.93. The first kappa shape index (κ1) is 15.2. The van der Waals surface area contributed by atoms with Gasteiger partial charge >= 0.3 is 0 Å². The number of rotatable bonds is 3. The lowest BCUT2D eigenvalue weighted by Gasteiger charge is -2.36.